The lowest BCUT2D eigenvalue weighted by Gasteiger charge is -2.16. The minimum atomic E-state index is -0.523. The highest BCUT2D eigenvalue weighted by Crippen LogP contribution is 2.28. The summed E-state index contributed by atoms with van der Waals surface area (Å²) in [6.45, 7) is 13.0. The van der Waals surface area contributed by atoms with Gasteiger partial charge in [0, 0.05) is 11.1 Å². The van der Waals surface area contributed by atoms with Crippen LogP contribution >= 0.6 is 11.3 Å². The van der Waals surface area contributed by atoms with Crippen molar-refractivity contribution in [3.63, 3.8) is 0 Å². The molecule has 29 heavy (non-hydrogen) atoms. The maximum atomic E-state index is 12.5. The molecular formula is C22H29N3O3S. The van der Waals surface area contributed by atoms with Gasteiger partial charge >= 0.3 is 0 Å². The number of rotatable bonds is 5. The molecular weight excluding hydrogens is 386 g/mol. The van der Waals surface area contributed by atoms with Crippen molar-refractivity contribution in [2.24, 2.45) is 5.41 Å². The standard InChI is InChI=1S/C22H29N3O3S/c1-12-8-13(2)18(14(3)9-12)24-16(26)11-23-20(27)19-15(4)10-17(29-19)25-21(28)22(5,6)7/h8-10H,11H2,1-7H3,(H,23,27)(H,24,26)(H,25,28). The van der Waals surface area contributed by atoms with Crippen molar-refractivity contribution in [1.82, 2.24) is 5.32 Å². The van der Waals surface area contributed by atoms with Gasteiger partial charge in [-0.1, -0.05) is 38.5 Å². The Balaban J connectivity index is 1.99. The number of carbonyl (C=O) groups is 3. The number of aryl methyl sites for hydroxylation is 4. The van der Waals surface area contributed by atoms with E-state index in [1.165, 1.54) is 11.3 Å². The van der Waals surface area contributed by atoms with E-state index in [1.54, 1.807) is 13.0 Å². The molecule has 0 fully saturated rings. The monoisotopic (exact) mass is 415 g/mol. The zero-order chi connectivity index (χ0) is 21.9. The second-order valence-electron chi connectivity index (χ2n) is 8.33. The third-order valence-electron chi connectivity index (χ3n) is 4.39. The Hall–Kier alpha value is -2.67. The van der Waals surface area contributed by atoms with Gasteiger partial charge in [-0.3, -0.25) is 14.4 Å². The maximum Gasteiger partial charge on any atom is 0.262 e. The SMILES string of the molecule is Cc1cc(C)c(NC(=O)CNC(=O)c2sc(NC(=O)C(C)(C)C)cc2C)c(C)c1. The zero-order valence-corrected chi connectivity index (χ0v) is 18.9. The van der Waals surface area contributed by atoms with E-state index in [2.05, 4.69) is 16.0 Å². The molecule has 6 nitrogen and oxygen atoms in total. The summed E-state index contributed by atoms with van der Waals surface area (Å²) in [6.07, 6.45) is 0. The molecule has 0 aliphatic rings. The van der Waals surface area contributed by atoms with Gasteiger partial charge in [0.15, 0.2) is 0 Å². The lowest BCUT2D eigenvalue weighted by atomic mass is 9.96. The average molecular weight is 416 g/mol. The number of thiophene rings is 1. The maximum absolute atomic E-state index is 12.5. The summed E-state index contributed by atoms with van der Waals surface area (Å²) in [5, 5.41) is 8.97. The lowest BCUT2D eigenvalue weighted by molar-refractivity contribution is -0.123. The second kappa shape index (κ2) is 8.78. The van der Waals surface area contributed by atoms with Gasteiger partial charge in [0.2, 0.25) is 11.8 Å². The number of hydrogen-bond donors (Lipinski definition) is 3. The van der Waals surface area contributed by atoms with Crippen molar-refractivity contribution in [3.8, 4) is 0 Å². The summed E-state index contributed by atoms with van der Waals surface area (Å²) >= 11 is 1.20. The number of benzene rings is 1. The van der Waals surface area contributed by atoms with E-state index in [-0.39, 0.29) is 24.3 Å². The second-order valence-corrected chi connectivity index (χ2v) is 9.38. The molecule has 0 saturated heterocycles. The molecule has 0 unspecified atom stereocenters. The van der Waals surface area contributed by atoms with Crippen LogP contribution in [0.2, 0.25) is 0 Å². The molecule has 0 saturated carbocycles. The van der Waals surface area contributed by atoms with Gasteiger partial charge in [-0.2, -0.15) is 0 Å². The van der Waals surface area contributed by atoms with E-state index in [0.29, 0.717) is 9.88 Å². The molecule has 1 aromatic heterocycles. The van der Waals surface area contributed by atoms with Crippen molar-refractivity contribution in [1.29, 1.82) is 0 Å². The minimum absolute atomic E-state index is 0.117. The molecule has 0 radical (unpaired) electrons. The van der Waals surface area contributed by atoms with Crippen molar-refractivity contribution in [2.75, 3.05) is 17.2 Å². The first-order valence-electron chi connectivity index (χ1n) is 9.46. The van der Waals surface area contributed by atoms with E-state index in [1.807, 2.05) is 53.7 Å². The Morgan fingerprint density at radius 1 is 0.897 bits per heavy atom. The van der Waals surface area contributed by atoms with Gasteiger partial charge in [-0.05, 0) is 50.5 Å². The van der Waals surface area contributed by atoms with Gasteiger partial charge in [-0.15, -0.1) is 11.3 Å². The predicted molar refractivity (Wildman–Crippen MR) is 119 cm³/mol. The highest BCUT2D eigenvalue weighted by atomic mass is 32.1. The topological polar surface area (TPSA) is 87.3 Å². The fourth-order valence-electron chi connectivity index (χ4n) is 2.87. The summed E-state index contributed by atoms with van der Waals surface area (Å²) in [4.78, 5) is 37.4. The van der Waals surface area contributed by atoms with Gasteiger partial charge in [0.25, 0.3) is 5.91 Å². The van der Waals surface area contributed by atoms with Crippen LogP contribution in [0.4, 0.5) is 10.7 Å². The van der Waals surface area contributed by atoms with E-state index in [0.717, 1.165) is 27.9 Å². The van der Waals surface area contributed by atoms with Crippen LogP contribution < -0.4 is 16.0 Å². The molecule has 0 spiro atoms. The number of anilines is 2. The van der Waals surface area contributed by atoms with Gasteiger partial charge in [-0.25, -0.2) is 0 Å². The first-order valence-corrected chi connectivity index (χ1v) is 10.3. The molecule has 7 heteroatoms. The van der Waals surface area contributed by atoms with Gasteiger partial charge in [0.1, 0.15) is 0 Å². The van der Waals surface area contributed by atoms with Crippen LogP contribution in [0.3, 0.4) is 0 Å². The summed E-state index contributed by atoms with van der Waals surface area (Å²) in [5.74, 6) is -0.742. The molecule has 3 N–H and O–H groups in total. The van der Waals surface area contributed by atoms with E-state index >= 15 is 0 Å². The summed E-state index contributed by atoms with van der Waals surface area (Å²) in [7, 11) is 0. The van der Waals surface area contributed by atoms with E-state index in [9.17, 15) is 14.4 Å². The molecule has 2 rings (SSSR count). The normalized spacial score (nSPS) is 11.1. The van der Waals surface area contributed by atoms with Crippen LogP contribution in [-0.4, -0.2) is 24.3 Å². The van der Waals surface area contributed by atoms with Crippen LogP contribution in [0.1, 0.15) is 52.7 Å². The fraction of sp³-hybridized carbons (Fsp3) is 0.409. The summed E-state index contributed by atoms with van der Waals surface area (Å²) < 4.78 is 0. The number of carbonyl (C=O) groups excluding carboxylic acids is 3. The average Bonchev–Trinajstić information content (AvgIpc) is 2.95. The summed E-state index contributed by atoms with van der Waals surface area (Å²) in [6, 6.07) is 5.77. The predicted octanol–water partition coefficient (Wildman–Crippen LogP) is 4.33. The zero-order valence-electron chi connectivity index (χ0n) is 18.1. The Morgan fingerprint density at radius 2 is 1.48 bits per heavy atom. The molecule has 1 heterocycles. The van der Waals surface area contributed by atoms with Crippen LogP contribution in [0, 0.1) is 33.1 Å². The van der Waals surface area contributed by atoms with Crippen LogP contribution in [-0.2, 0) is 9.59 Å². The van der Waals surface area contributed by atoms with E-state index < -0.39 is 5.41 Å². The fourth-order valence-corrected chi connectivity index (χ4v) is 3.85. The third kappa shape index (κ3) is 5.90. The Bertz CT molecular complexity index is 932. The lowest BCUT2D eigenvalue weighted by Crippen LogP contribution is -2.33. The smallest absolute Gasteiger partial charge is 0.262 e. The van der Waals surface area contributed by atoms with E-state index in [4.69, 9.17) is 0 Å². The van der Waals surface area contributed by atoms with Gasteiger partial charge < -0.3 is 16.0 Å². The first-order chi connectivity index (χ1) is 13.4. The number of amides is 3. The minimum Gasteiger partial charge on any atom is -0.342 e. The number of hydrogen-bond acceptors (Lipinski definition) is 4. The molecule has 2 aromatic rings. The third-order valence-corrected chi connectivity index (χ3v) is 5.54. The van der Waals surface area contributed by atoms with Crippen molar-refractivity contribution in [2.45, 2.75) is 48.5 Å². The van der Waals surface area contributed by atoms with Gasteiger partial charge in [0.05, 0.1) is 16.4 Å². The van der Waals surface area contributed by atoms with Crippen LogP contribution in [0.5, 0.6) is 0 Å². The molecule has 0 aliphatic heterocycles. The number of nitrogens with one attached hydrogen (secondary N) is 3. The van der Waals surface area contributed by atoms with Crippen molar-refractivity contribution < 1.29 is 14.4 Å². The molecule has 3 amide bonds. The first kappa shape index (κ1) is 22.6. The molecule has 0 aliphatic carbocycles. The molecule has 156 valence electrons. The molecule has 1 aromatic carbocycles. The highest BCUT2D eigenvalue weighted by Gasteiger charge is 2.23. The quantitative estimate of drug-likeness (QED) is 0.679. The van der Waals surface area contributed by atoms with Crippen molar-refractivity contribution >= 4 is 39.7 Å². The van der Waals surface area contributed by atoms with Crippen LogP contribution in [0.25, 0.3) is 0 Å². The molecule has 0 atom stereocenters. The van der Waals surface area contributed by atoms with Crippen LogP contribution in [0.15, 0.2) is 18.2 Å². The Labute approximate surface area is 176 Å². The van der Waals surface area contributed by atoms with Crippen molar-refractivity contribution in [3.05, 3.63) is 45.3 Å². The molecule has 0 bridgehead atoms. The Kier molecular flexibility index (Phi) is 6.85. The highest BCUT2D eigenvalue weighted by molar-refractivity contribution is 7.18. The Morgan fingerprint density at radius 3 is 2.03 bits per heavy atom. The largest absolute Gasteiger partial charge is 0.342 e. The summed E-state index contributed by atoms with van der Waals surface area (Å²) in [5.41, 5.74) is 4.10.